The Kier molecular flexibility index (Phi) is 2.00. The Labute approximate surface area is 74.9 Å². The lowest BCUT2D eigenvalue weighted by atomic mass is 9.96. The topological polar surface area (TPSA) is 61.0 Å². The van der Waals surface area contributed by atoms with Crippen LogP contribution in [-0.4, -0.2) is 16.1 Å². The third-order valence-corrected chi connectivity index (χ3v) is 2.08. The van der Waals surface area contributed by atoms with Crippen LogP contribution in [0.25, 0.3) is 0 Å². The average Bonchev–Trinajstić information content (AvgIpc) is 2.03. The van der Waals surface area contributed by atoms with Gasteiger partial charge in [-0.3, -0.25) is 0 Å². The predicted octanol–water partition coefficient (Wildman–Crippen LogP) is 1.13. The van der Waals surface area contributed by atoms with Gasteiger partial charge in [0, 0.05) is 0 Å². The van der Waals surface area contributed by atoms with Gasteiger partial charge in [0.1, 0.15) is 11.8 Å². The van der Waals surface area contributed by atoms with Crippen molar-refractivity contribution in [3.8, 4) is 5.88 Å². The number of nitrogens with two attached hydrogens (primary N) is 1. The lowest BCUT2D eigenvalue weighted by molar-refractivity contribution is 0.114. The number of rotatable bonds is 2. The molecule has 70 valence electrons. The summed E-state index contributed by atoms with van der Waals surface area (Å²) >= 11 is 0. The van der Waals surface area contributed by atoms with Gasteiger partial charge in [-0.2, -0.15) is 9.37 Å². The van der Waals surface area contributed by atoms with Crippen molar-refractivity contribution in [2.45, 2.75) is 25.4 Å². The smallest absolute Gasteiger partial charge is 0.311 e. The van der Waals surface area contributed by atoms with Crippen LogP contribution in [0.1, 0.15) is 19.3 Å². The Balaban J connectivity index is 2.13. The Morgan fingerprint density at radius 2 is 2.31 bits per heavy atom. The van der Waals surface area contributed by atoms with Crippen molar-refractivity contribution in [1.29, 1.82) is 0 Å². The minimum Gasteiger partial charge on any atom is -0.473 e. The first-order valence-corrected chi connectivity index (χ1v) is 4.20. The normalized spacial score (nSPS) is 16.7. The first-order valence-electron chi connectivity index (χ1n) is 4.20. The molecule has 0 bridgehead atoms. The number of aromatic nitrogens is 2. The van der Waals surface area contributed by atoms with Crippen LogP contribution >= 0.6 is 0 Å². The fourth-order valence-corrected chi connectivity index (χ4v) is 1.10. The molecule has 0 aromatic carbocycles. The van der Waals surface area contributed by atoms with Gasteiger partial charge in [0.25, 0.3) is 0 Å². The van der Waals surface area contributed by atoms with Crippen LogP contribution in [0.4, 0.5) is 10.1 Å². The van der Waals surface area contributed by atoms with E-state index in [0.29, 0.717) is 0 Å². The predicted molar refractivity (Wildman–Crippen MR) is 44.7 cm³/mol. The van der Waals surface area contributed by atoms with Crippen LogP contribution in [0.15, 0.2) is 6.20 Å². The van der Waals surface area contributed by atoms with E-state index in [9.17, 15) is 4.39 Å². The zero-order chi connectivity index (χ0) is 9.26. The molecule has 1 aliphatic rings. The minimum atomic E-state index is -0.802. The maximum absolute atomic E-state index is 12.6. The van der Waals surface area contributed by atoms with Gasteiger partial charge in [-0.1, -0.05) is 0 Å². The summed E-state index contributed by atoms with van der Waals surface area (Å²) in [6.07, 6.45) is 3.70. The molecule has 0 aliphatic heterocycles. The fraction of sp³-hybridized carbons (Fsp3) is 0.500. The highest BCUT2D eigenvalue weighted by molar-refractivity contribution is 5.44. The summed E-state index contributed by atoms with van der Waals surface area (Å²) in [6.45, 7) is 0. The standard InChI is InChI=1S/C8H10FN3O/c9-8-11-4-6(10)7(12-8)13-5-2-1-3-5/h4-5H,1-3,10H2. The molecule has 4 nitrogen and oxygen atoms in total. The van der Waals surface area contributed by atoms with Crippen molar-refractivity contribution in [3.05, 3.63) is 12.3 Å². The van der Waals surface area contributed by atoms with Gasteiger partial charge >= 0.3 is 6.08 Å². The molecule has 0 amide bonds. The Morgan fingerprint density at radius 3 is 2.92 bits per heavy atom. The largest absolute Gasteiger partial charge is 0.473 e. The number of hydrogen-bond donors (Lipinski definition) is 1. The monoisotopic (exact) mass is 183 g/mol. The highest BCUT2D eigenvalue weighted by Gasteiger charge is 2.21. The number of nitrogen functional groups attached to an aromatic ring is 1. The maximum atomic E-state index is 12.6. The van der Waals surface area contributed by atoms with Crippen LogP contribution in [0.5, 0.6) is 5.88 Å². The van der Waals surface area contributed by atoms with Crippen molar-refractivity contribution in [3.63, 3.8) is 0 Å². The summed E-state index contributed by atoms with van der Waals surface area (Å²) in [7, 11) is 0. The molecule has 1 saturated carbocycles. The average molecular weight is 183 g/mol. The summed E-state index contributed by atoms with van der Waals surface area (Å²) in [4.78, 5) is 6.78. The SMILES string of the molecule is Nc1cnc(F)nc1OC1CCC1. The molecule has 0 atom stereocenters. The van der Waals surface area contributed by atoms with E-state index in [1.54, 1.807) is 0 Å². The van der Waals surface area contributed by atoms with Gasteiger partial charge in [-0.05, 0) is 19.3 Å². The minimum absolute atomic E-state index is 0.150. The Hall–Kier alpha value is -1.39. The van der Waals surface area contributed by atoms with Crippen LogP contribution in [-0.2, 0) is 0 Å². The molecule has 0 unspecified atom stereocenters. The van der Waals surface area contributed by atoms with Gasteiger partial charge in [0.05, 0.1) is 6.20 Å². The van der Waals surface area contributed by atoms with Crippen LogP contribution in [0, 0.1) is 6.08 Å². The third kappa shape index (κ3) is 1.68. The molecule has 1 aromatic rings. The summed E-state index contributed by atoms with van der Waals surface area (Å²) < 4.78 is 17.9. The van der Waals surface area contributed by atoms with Gasteiger partial charge in [-0.25, -0.2) is 4.98 Å². The summed E-state index contributed by atoms with van der Waals surface area (Å²) in [6, 6.07) is 0. The highest BCUT2D eigenvalue weighted by Crippen LogP contribution is 2.26. The van der Waals surface area contributed by atoms with Crippen LogP contribution < -0.4 is 10.5 Å². The van der Waals surface area contributed by atoms with E-state index < -0.39 is 6.08 Å². The second-order valence-electron chi connectivity index (χ2n) is 3.07. The molecule has 0 radical (unpaired) electrons. The molecule has 13 heavy (non-hydrogen) atoms. The third-order valence-electron chi connectivity index (χ3n) is 2.08. The number of anilines is 1. The molecule has 5 heteroatoms. The van der Waals surface area contributed by atoms with Crippen LogP contribution in [0.3, 0.4) is 0 Å². The molecule has 2 N–H and O–H groups in total. The van der Waals surface area contributed by atoms with Crippen molar-refractivity contribution < 1.29 is 9.13 Å². The first kappa shape index (κ1) is 8.22. The molecular formula is C8H10FN3O. The summed E-state index contributed by atoms with van der Waals surface area (Å²) in [5, 5.41) is 0. The number of halogens is 1. The first-order chi connectivity index (χ1) is 6.25. The maximum Gasteiger partial charge on any atom is 0.311 e. The second kappa shape index (κ2) is 3.16. The Bertz CT molecular complexity index is 314. The number of hydrogen-bond acceptors (Lipinski definition) is 4. The molecular weight excluding hydrogens is 173 g/mol. The zero-order valence-electron chi connectivity index (χ0n) is 7.03. The van der Waals surface area contributed by atoms with E-state index in [0.717, 1.165) is 19.3 Å². The molecule has 0 spiro atoms. The number of ether oxygens (including phenoxy) is 1. The molecule has 2 rings (SSSR count). The Morgan fingerprint density at radius 1 is 1.54 bits per heavy atom. The van der Waals surface area contributed by atoms with E-state index >= 15 is 0 Å². The second-order valence-corrected chi connectivity index (χ2v) is 3.07. The van der Waals surface area contributed by atoms with Gasteiger partial charge in [0.2, 0.25) is 5.88 Å². The van der Waals surface area contributed by atoms with Crippen molar-refractivity contribution in [2.75, 3.05) is 5.73 Å². The molecule has 1 fully saturated rings. The van der Waals surface area contributed by atoms with Crippen LogP contribution in [0.2, 0.25) is 0 Å². The van der Waals surface area contributed by atoms with Gasteiger partial charge in [-0.15, -0.1) is 0 Å². The molecule has 1 heterocycles. The van der Waals surface area contributed by atoms with E-state index in [1.807, 2.05) is 0 Å². The quantitative estimate of drug-likeness (QED) is 0.698. The molecule has 1 aromatic heterocycles. The van der Waals surface area contributed by atoms with Gasteiger partial charge < -0.3 is 10.5 Å². The van der Waals surface area contributed by atoms with Crippen molar-refractivity contribution in [1.82, 2.24) is 9.97 Å². The van der Waals surface area contributed by atoms with Crippen molar-refractivity contribution >= 4 is 5.69 Å². The molecule has 0 saturated heterocycles. The van der Waals surface area contributed by atoms with Gasteiger partial charge in [0.15, 0.2) is 0 Å². The van der Waals surface area contributed by atoms with Crippen molar-refractivity contribution in [2.24, 2.45) is 0 Å². The molecule has 1 aliphatic carbocycles. The van der Waals surface area contributed by atoms with E-state index in [1.165, 1.54) is 6.20 Å². The van der Waals surface area contributed by atoms with E-state index in [-0.39, 0.29) is 17.7 Å². The summed E-state index contributed by atoms with van der Waals surface area (Å²) in [5.74, 6) is 0.164. The highest BCUT2D eigenvalue weighted by atomic mass is 19.1. The van der Waals surface area contributed by atoms with E-state index in [2.05, 4.69) is 9.97 Å². The fourth-order valence-electron chi connectivity index (χ4n) is 1.10. The lowest BCUT2D eigenvalue weighted by Gasteiger charge is -2.25. The summed E-state index contributed by atoms with van der Waals surface area (Å²) in [5.41, 5.74) is 5.79. The number of nitrogens with zero attached hydrogens (tertiary/aromatic N) is 2. The lowest BCUT2D eigenvalue weighted by Crippen LogP contribution is -2.25. The zero-order valence-corrected chi connectivity index (χ0v) is 7.03. The van der Waals surface area contributed by atoms with E-state index in [4.69, 9.17) is 10.5 Å².